The van der Waals surface area contributed by atoms with Crippen molar-refractivity contribution >= 4 is 98.3 Å². The highest BCUT2D eigenvalue weighted by Crippen LogP contribution is 2.28. The number of ketones is 1. The molecule has 0 radical (unpaired) electrons. The second-order valence-electron chi connectivity index (χ2n) is 21.4. The fourth-order valence-electron chi connectivity index (χ4n) is 6.14. The summed E-state index contributed by atoms with van der Waals surface area (Å²) in [5.74, 6) is -7.09. The van der Waals surface area contributed by atoms with E-state index in [-0.39, 0.29) is 73.3 Å². The number of carbonyl (C=O) groups excluding carboxylic acids is 3. The molecule has 4 aromatic rings. The normalized spacial score (nSPS) is 16.6. The maximum Gasteiger partial charge on any atom is 0.351 e. The molecule has 1 aromatic carbocycles. The van der Waals surface area contributed by atoms with Crippen molar-refractivity contribution in [3.05, 3.63) is 89.0 Å². The van der Waals surface area contributed by atoms with Crippen LogP contribution in [0.15, 0.2) is 71.4 Å². The number of Topliss-reactive ketones (excluding diaryl/α,β-unsaturated/α-hetero) is 1. The van der Waals surface area contributed by atoms with Crippen molar-refractivity contribution in [2.75, 3.05) is 70.4 Å². The predicted molar refractivity (Wildman–Crippen MR) is 356 cm³/mol. The van der Waals surface area contributed by atoms with Gasteiger partial charge in [0, 0.05) is 91.8 Å². The Balaban J connectivity index is -0.00000106. The fourth-order valence-corrected chi connectivity index (χ4v) is 8.36. The van der Waals surface area contributed by atoms with Crippen molar-refractivity contribution in [1.29, 1.82) is 0 Å². The number of aliphatic imine (C=N–C) groups is 1. The third-order valence-electron chi connectivity index (χ3n) is 11.6. The molecule has 1 fully saturated rings. The van der Waals surface area contributed by atoms with Crippen LogP contribution >= 0.6 is 21.6 Å². The fraction of sp³-hybridized carbons (Fsp3) is 0.509. The molecule has 0 aliphatic carbocycles. The van der Waals surface area contributed by atoms with Crippen LogP contribution in [-0.4, -0.2) is 269 Å². The summed E-state index contributed by atoms with van der Waals surface area (Å²) in [5.41, 5.74) is 48.1. The van der Waals surface area contributed by atoms with Crippen LogP contribution in [0.25, 0.3) is 0 Å². The van der Waals surface area contributed by atoms with Crippen LogP contribution in [-0.2, 0) is 60.7 Å². The predicted octanol–water partition coefficient (Wildman–Crippen LogP) is -5.78. The number of rotatable bonds is 25. The monoisotopic (exact) mass is 1440 g/mol. The molecule has 0 saturated carbocycles. The molecule has 2 aliphatic rings. The number of H-pyrrole nitrogens is 2. The topological polar surface area (TPSA) is 753 Å². The molecule has 1 saturated heterocycles. The molecule has 41 nitrogen and oxygen atoms in total. The first kappa shape index (κ1) is 93.1. The number of amidine groups is 1. The zero-order valence-electron chi connectivity index (χ0n) is 54.4. The number of hydrogen-bond acceptors (Lipinski definition) is 30. The zero-order valence-corrected chi connectivity index (χ0v) is 56.0. The Hall–Kier alpha value is -9.09. The minimum absolute atomic E-state index is 0.0208. The summed E-state index contributed by atoms with van der Waals surface area (Å²) in [4.78, 5) is 135. The van der Waals surface area contributed by atoms with Gasteiger partial charge in [0.1, 0.15) is 72.8 Å². The number of imidazole rings is 2. The quantitative estimate of drug-likeness (QED) is 0.00966. The number of nitrogens with one attached hydrogen (secondary N) is 3. The van der Waals surface area contributed by atoms with Crippen molar-refractivity contribution in [2.24, 2.45) is 51.0 Å². The standard InChI is InChI=1S/C10H12N2O3.C9H13N3O5.C8H11N3O3.C6H9N3O2.C6H12N2O4S2.C5H11NO2.C5H14NO.C4H6N2O.C2H5NO2/c11-7-4-2-1-3-6(7)9(13)5-8(12)10(14)15;10-5-1-2-12(9(16)11-5)8-7(15)6(14)4(3-13)17-8;1-5(12)11-7(8(13)14)2-6-3-9-4-10-6;7-5(6(10)11)1-4-2-8-3-9-4;7-3(5(9)10)1-13-14-2-4(8)6(11)12;1-3(2)4(6)5(7)8;1-6(2,3)4-5-7;5-3-1-2-4(7)6-3;3-1-2(4)5/h1-4,8H,5,11-12H2,(H,14,15);1-2,4,6-8,13-15H,3H2,(H2,10,11,16);3-4,7H,2H2,1H3,(H,9,10)(H,11,12)(H,13,14);2-3,5H,1,7H2,(H,8,9)(H,10,11);3-4H,1-2,7-8H2,(H,9,10)(H,11,12);3-4H,6H2,1-2H3,(H,7,8);7H,4-5H2,1-3H3;1-2H2,(H2,5,6,7);1,3H2,(H,4,5)/q;;;;;;+1;;. The first-order chi connectivity index (χ1) is 45.5. The molecule has 0 bridgehead atoms. The maximum absolute atomic E-state index is 11.6. The number of aliphatic hydroxyl groups excluding tert-OH is 4. The number of likely N-dealkylation sites (N-methyl/N-ethyl adjacent to an activating group) is 1. The smallest absolute Gasteiger partial charge is 0.351 e. The van der Waals surface area contributed by atoms with Crippen molar-refractivity contribution in [3.8, 4) is 0 Å². The van der Waals surface area contributed by atoms with Gasteiger partial charge in [-0.2, -0.15) is 4.98 Å². The van der Waals surface area contributed by atoms with Crippen molar-refractivity contribution in [2.45, 2.75) is 114 Å². The van der Waals surface area contributed by atoms with Gasteiger partial charge >= 0.3 is 47.5 Å². The molecular weight excluding hydrogens is 1340 g/mol. The van der Waals surface area contributed by atoms with Gasteiger partial charge in [-0.25, -0.2) is 24.5 Å². The van der Waals surface area contributed by atoms with E-state index in [2.05, 4.69) is 62.1 Å². The number of nitrogens with zero attached hydrogens (tertiary/aromatic N) is 6. The van der Waals surface area contributed by atoms with Gasteiger partial charge in [0.25, 0.3) is 0 Å². The number of ether oxygens (including phenoxy) is 1. The van der Waals surface area contributed by atoms with Crippen molar-refractivity contribution in [3.63, 3.8) is 0 Å². The third-order valence-corrected chi connectivity index (χ3v) is 14.1. The Morgan fingerprint density at radius 2 is 1.19 bits per heavy atom. The Bertz CT molecular complexity index is 3120. The first-order valence-corrected chi connectivity index (χ1v) is 31.1. The van der Waals surface area contributed by atoms with Gasteiger partial charge in [-0.3, -0.25) is 47.7 Å². The molecule has 43 heteroatoms. The van der Waals surface area contributed by atoms with E-state index in [0.717, 1.165) is 21.3 Å². The number of nitrogens with two attached hydrogens (primary N) is 9. The van der Waals surface area contributed by atoms with Crippen LogP contribution in [0.5, 0.6) is 0 Å². The number of aromatic nitrogens is 6. The van der Waals surface area contributed by atoms with E-state index in [1.165, 1.54) is 59.6 Å². The molecular formula is C55H93N18O23S2+. The Morgan fingerprint density at radius 3 is 1.50 bits per heavy atom. The van der Waals surface area contributed by atoms with Crippen LogP contribution in [0.1, 0.15) is 68.0 Å². The third kappa shape index (κ3) is 43.9. The van der Waals surface area contributed by atoms with E-state index >= 15 is 0 Å². The van der Waals surface area contributed by atoms with E-state index in [1.54, 1.807) is 44.3 Å². The minimum atomic E-state index is -1.31. The Kier molecular flexibility index (Phi) is 47.8. The van der Waals surface area contributed by atoms with Crippen LogP contribution < -0.4 is 62.6 Å². The summed E-state index contributed by atoms with van der Waals surface area (Å²) < 4.78 is 7.03. The van der Waals surface area contributed by atoms with E-state index in [1.807, 2.05) is 0 Å². The van der Waals surface area contributed by atoms with Gasteiger partial charge in [0.05, 0.1) is 53.6 Å². The molecule has 3 aromatic heterocycles. The second kappa shape index (κ2) is 50.3. The van der Waals surface area contributed by atoms with Gasteiger partial charge in [0.2, 0.25) is 11.8 Å². The minimum Gasteiger partial charge on any atom is -0.480 e. The molecule has 6 rings (SSSR count). The number of carboxylic acids is 7. The average Bonchev–Trinajstić information content (AvgIpc) is 1.64. The zero-order chi connectivity index (χ0) is 76.2. The highest BCUT2D eigenvalue weighted by atomic mass is 33.1. The van der Waals surface area contributed by atoms with E-state index in [0.29, 0.717) is 35.6 Å². The molecule has 5 heterocycles. The van der Waals surface area contributed by atoms with Crippen LogP contribution in [0.2, 0.25) is 0 Å². The first-order valence-electron chi connectivity index (χ1n) is 28.6. The second-order valence-corrected chi connectivity index (χ2v) is 24.0. The molecule has 2 aliphatic heterocycles. The maximum atomic E-state index is 11.6. The lowest BCUT2D eigenvalue weighted by molar-refractivity contribution is -0.870. The summed E-state index contributed by atoms with van der Waals surface area (Å²) in [5, 5.41) is 97.3. The Labute approximate surface area is 568 Å². The molecule has 32 N–H and O–H groups in total. The number of quaternary nitrogens is 1. The van der Waals surface area contributed by atoms with Gasteiger partial charge in [-0.15, -0.1) is 0 Å². The highest BCUT2D eigenvalue weighted by molar-refractivity contribution is 8.76. The summed E-state index contributed by atoms with van der Waals surface area (Å²) in [6.07, 6.45) is 4.17. The number of hydrogen-bond donors (Lipinski definition) is 23. The van der Waals surface area contributed by atoms with Crippen LogP contribution in [0, 0.1) is 5.92 Å². The number of carboxylic acid groups (broad SMARTS) is 7. The summed E-state index contributed by atoms with van der Waals surface area (Å²) in [6, 6.07) is 2.36. The van der Waals surface area contributed by atoms with Crippen LogP contribution in [0.4, 0.5) is 11.5 Å². The molecule has 10 unspecified atom stereocenters. The van der Waals surface area contributed by atoms with Gasteiger partial charge < -0.3 is 132 Å². The molecule has 98 heavy (non-hydrogen) atoms. The number of aromatic amines is 2. The lowest BCUT2D eigenvalue weighted by atomic mass is 10.0. The van der Waals surface area contributed by atoms with Gasteiger partial charge in [-0.1, -0.05) is 47.6 Å². The number of aliphatic carboxylic acids is 7. The lowest BCUT2D eigenvalue weighted by Crippen LogP contribution is -2.41. The molecule has 10 atom stereocenters. The summed E-state index contributed by atoms with van der Waals surface area (Å²) in [7, 11) is 8.56. The number of aliphatic hydroxyl groups is 4. The molecule has 2 amide bonds. The van der Waals surface area contributed by atoms with Crippen molar-refractivity contribution in [1.82, 2.24) is 34.8 Å². The number of nitrogen functional groups attached to an aromatic ring is 2. The average molecular weight is 1440 g/mol. The van der Waals surface area contributed by atoms with E-state index in [4.69, 9.17) is 96.6 Å². The number of amides is 2. The largest absolute Gasteiger partial charge is 0.480 e. The van der Waals surface area contributed by atoms with E-state index in [9.17, 15) is 63.0 Å². The number of carbonyl (C=O) groups is 10. The number of anilines is 2. The Morgan fingerprint density at radius 1 is 0.704 bits per heavy atom. The highest BCUT2D eigenvalue weighted by Gasteiger charge is 2.43. The SMILES string of the molecule is CC(=O)NC(Cc1cnc[nH]1)C(=O)O.CC(C)C(N)C(=O)O.C[N+](C)(C)CCO.NC(CSSCC(N)C(=O)O)C(=O)O.NC(Cc1cnc[nH]1)C(=O)O.NC1=NC(=O)CC1.NCC(=O)O.Nc1ccccc1C(=O)CC(N)C(=O)O.Nc1ccn(C2OC(CO)C(O)C2O)c(=O)n1. The lowest BCUT2D eigenvalue weighted by Gasteiger charge is -2.21. The van der Waals surface area contributed by atoms with Gasteiger partial charge in [-0.05, 0) is 24.1 Å². The van der Waals surface area contributed by atoms with Gasteiger partial charge in [0.15, 0.2) is 12.0 Å². The van der Waals surface area contributed by atoms with Crippen molar-refractivity contribution < 1.29 is 113 Å². The van der Waals surface area contributed by atoms with Crippen LogP contribution in [0.3, 0.4) is 0 Å². The summed E-state index contributed by atoms with van der Waals surface area (Å²) in [6.45, 7) is 5.22. The number of benzene rings is 1. The molecule has 0 spiro atoms. The van der Waals surface area contributed by atoms with E-state index < -0.39 is 115 Å². The summed E-state index contributed by atoms with van der Waals surface area (Å²) >= 11 is 0. The number of para-hydroxylation sites is 1. The molecule has 552 valence electrons.